The highest BCUT2D eigenvalue weighted by molar-refractivity contribution is 9.10. The van der Waals surface area contributed by atoms with E-state index < -0.39 is 24.0 Å². The van der Waals surface area contributed by atoms with E-state index in [9.17, 15) is 14.7 Å². The molecule has 6 nitrogen and oxygen atoms in total. The summed E-state index contributed by atoms with van der Waals surface area (Å²) >= 11 is 9.21. The van der Waals surface area contributed by atoms with Crippen LogP contribution in [0.3, 0.4) is 0 Å². The fourth-order valence-corrected chi connectivity index (χ4v) is 2.87. The third-order valence-corrected chi connectivity index (χ3v) is 3.92. The fourth-order valence-electron chi connectivity index (χ4n) is 2.14. The average Bonchev–Trinajstić information content (AvgIpc) is 2.80. The van der Waals surface area contributed by atoms with Crippen LogP contribution < -0.4 is 4.74 Å². The number of benzene rings is 1. The summed E-state index contributed by atoms with van der Waals surface area (Å²) in [7, 11) is 0. The largest absolute Gasteiger partial charge is 0.482 e. The van der Waals surface area contributed by atoms with Crippen LogP contribution in [0.15, 0.2) is 22.7 Å². The Morgan fingerprint density at radius 3 is 2.81 bits per heavy atom. The van der Waals surface area contributed by atoms with Crippen LogP contribution in [0.5, 0.6) is 5.75 Å². The summed E-state index contributed by atoms with van der Waals surface area (Å²) in [6, 6.07) is 3.93. The van der Waals surface area contributed by atoms with Gasteiger partial charge in [0.25, 0.3) is 5.91 Å². The standard InChI is InChI=1S/C13H13BrClNO5/c14-7-1-2-11(9(15)3-7)21-6-12(18)16-5-8(17)4-10(16)13(19)20/h1-3,8,10,17H,4-6H2,(H,19,20)/t8-,10-/m0/s1. The Morgan fingerprint density at radius 1 is 1.48 bits per heavy atom. The molecule has 21 heavy (non-hydrogen) atoms. The number of nitrogens with zero attached hydrogens (tertiary/aromatic N) is 1. The molecule has 1 fully saturated rings. The zero-order chi connectivity index (χ0) is 15.6. The molecule has 1 heterocycles. The minimum atomic E-state index is -1.14. The number of hydrogen-bond acceptors (Lipinski definition) is 4. The number of amides is 1. The quantitative estimate of drug-likeness (QED) is 0.830. The Balaban J connectivity index is 1.99. The number of carboxylic acids is 1. The van der Waals surface area contributed by atoms with E-state index in [-0.39, 0.29) is 19.6 Å². The monoisotopic (exact) mass is 377 g/mol. The maximum absolute atomic E-state index is 12.0. The van der Waals surface area contributed by atoms with Crippen molar-refractivity contribution in [2.45, 2.75) is 18.6 Å². The molecule has 1 aromatic carbocycles. The molecular weight excluding hydrogens is 366 g/mol. The summed E-state index contributed by atoms with van der Waals surface area (Å²) in [5.74, 6) is -1.31. The van der Waals surface area contributed by atoms with Crippen LogP contribution in [0.2, 0.25) is 5.02 Å². The number of aliphatic carboxylic acids is 1. The van der Waals surface area contributed by atoms with Gasteiger partial charge in [-0.25, -0.2) is 4.79 Å². The van der Waals surface area contributed by atoms with Crippen molar-refractivity contribution in [3.8, 4) is 5.75 Å². The average molecular weight is 379 g/mol. The van der Waals surface area contributed by atoms with E-state index in [0.717, 1.165) is 9.37 Å². The minimum Gasteiger partial charge on any atom is -0.482 e. The molecule has 2 N–H and O–H groups in total. The van der Waals surface area contributed by atoms with Gasteiger partial charge < -0.3 is 19.8 Å². The zero-order valence-corrected chi connectivity index (χ0v) is 13.2. The maximum atomic E-state index is 12.0. The van der Waals surface area contributed by atoms with Gasteiger partial charge in [-0.2, -0.15) is 0 Å². The van der Waals surface area contributed by atoms with Gasteiger partial charge in [0.15, 0.2) is 6.61 Å². The van der Waals surface area contributed by atoms with Crippen LogP contribution in [0, 0.1) is 0 Å². The molecule has 0 aromatic heterocycles. The SMILES string of the molecule is O=C(O)[C@@H]1C[C@H](O)CN1C(=O)COc1ccc(Br)cc1Cl. The van der Waals surface area contributed by atoms with Gasteiger partial charge in [-0.15, -0.1) is 0 Å². The Morgan fingerprint density at radius 2 is 2.19 bits per heavy atom. The number of likely N-dealkylation sites (tertiary alicyclic amines) is 1. The molecule has 8 heteroatoms. The second kappa shape index (κ2) is 6.64. The summed E-state index contributed by atoms with van der Waals surface area (Å²) < 4.78 is 6.09. The predicted octanol–water partition coefficient (Wildman–Crippen LogP) is 1.53. The number of halogens is 2. The van der Waals surface area contributed by atoms with Crippen molar-refractivity contribution in [2.75, 3.05) is 13.2 Å². The number of hydrogen-bond donors (Lipinski definition) is 2. The first-order valence-electron chi connectivity index (χ1n) is 6.16. The molecule has 1 saturated heterocycles. The van der Waals surface area contributed by atoms with Crippen LogP contribution in [-0.4, -0.2) is 52.3 Å². The van der Waals surface area contributed by atoms with Gasteiger partial charge in [-0.05, 0) is 18.2 Å². The van der Waals surface area contributed by atoms with Gasteiger partial charge >= 0.3 is 5.97 Å². The van der Waals surface area contributed by atoms with E-state index in [2.05, 4.69) is 15.9 Å². The van der Waals surface area contributed by atoms with Gasteiger partial charge in [-0.1, -0.05) is 27.5 Å². The number of carbonyl (C=O) groups is 2. The predicted molar refractivity (Wildman–Crippen MR) is 78.4 cm³/mol. The van der Waals surface area contributed by atoms with Gasteiger partial charge in [0.05, 0.1) is 11.1 Å². The summed E-state index contributed by atoms with van der Waals surface area (Å²) in [5, 5.41) is 18.9. The summed E-state index contributed by atoms with van der Waals surface area (Å²) in [4.78, 5) is 24.2. The second-order valence-corrected chi connectivity index (χ2v) is 5.98. The molecular formula is C13H13BrClNO5. The van der Waals surface area contributed by atoms with Crippen molar-refractivity contribution in [1.82, 2.24) is 4.90 Å². The number of carbonyl (C=O) groups excluding carboxylic acids is 1. The molecule has 1 aromatic rings. The van der Waals surface area contributed by atoms with Crippen LogP contribution in [0.25, 0.3) is 0 Å². The van der Waals surface area contributed by atoms with Crippen molar-refractivity contribution in [1.29, 1.82) is 0 Å². The number of ether oxygens (including phenoxy) is 1. The van der Waals surface area contributed by atoms with Crippen molar-refractivity contribution in [3.05, 3.63) is 27.7 Å². The lowest BCUT2D eigenvalue weighted by Crippen LogP contribution is -2.42. The molecule has 0 saturated carbocycles. The highest BCUT2D eigenvalue weighted by Gasteiger charge is 2.38. The van der Waals surface area contributed by atoms with E-state index in [4.69, 9.17) is 21.4 Å². The first-order valence-corrected chi connectivity index (χ1v) is 7.33. The molecule has 2 rings (SSSR count). The van der Waals surface area contributed by atoms with Gasteiger partial charge in [0.2, 0.25) is 0 Å². The molecule has 114 valence electrons. The minimum absolute atomic E-state index is 0.00672. The highest BCUT2D eigenvalue weighted by atomic mass is 79.9. The molecule has 0 radical (unpaired) electrons. The smallest absolute Gasteiger partial charge is 0.326 e. The Bertz CT molecular complexity index is 567. The molecule has 0 aliphatic carbocycles. The highest BCUT2D eigenvalue weighted by Crippen LogP contribution is 2.28. The third kappa shape index (κ3) is 3.87. The second-order valence-electron chi connectivity index (χ2n) is 4.65. The topological polar surface area (TPSA) is 87.1 Å². The lowest BCUT2D eigenvalue weighted by molar-refractivity contribution is -0.148. The van der Waals surface area contributed by atoms with E-state index >= 15 is 0 Å². The van der Waals surface area contributed by atoms with Crippen LogP contribution in [0.1, 0.15) is 6.42 Å². The van der Waals surface area contributed by atoms with Gasteiger partial charge in [-0.3, -0.25) is 4.79 Å². The van der Waals surface area contributed by atoms with E-state index in [1.54, 1.807) is 18.2 Å². The van der Waals surface area contributed by atoms with Crippen LogP contribution in [-0.2, 0) is 9.59 Å². The number of aliphatic hydroxyl groups is 1. The maximum Gasteiger partial charge on any atom is 0.326 e. The molecule has 1 aliphatic rings. The summed E-state index contributed by atoms with van der Waals surface area (Å²) in [6.07, 6.45) is -0.800. The summed E-state index contributed by atoms with van der Waals surface area (Å²) in [5.41, 5.74) is 0. The van der Waals surface area contributed by atoms with Crippen molar-refractivity contribution in [2.24, 2.45) is 0 Å². The molecule has 0 bridgehead atoms. The molecule has 1 aliphatic heterocycles. The van der Waals surface area contributed by atoms with E-state index in [0.29, 0.717) is 10.8 Å². The lowest BCUT2D eigenvalue weighted by atomic mass is 10.2. The molecule has 0 unspecified atom stereocenters. The number of aliphatic hydroxyl groups excluding tert-OH is 1. The number of rotatable bonds is 4. The van der Waals surface area contributed by atoms with Gasteiger partial charge in [0.1, 0.15) is 11.8 Å². The van der Waals surface area contributed by atoms with Crippen LogP contribution >= 0.6 is 27.5 Å². The normalized spacial score (nSPS) is 21.4. The van der Waals surface area contributed by atoms with Crippen molar-refractivity contribution >= 4 is 39.4 Å². The Kier molecular flexibility index (Phi) is 5.08. The van der Waals surface area contributed by atoms with Gasteiger partial charge in [0, 0.05) is 17.4 Å². The first kappa shape index (κ1) is 16.1. The van der Waals surface area contributed by atoms with Crippen LogP contribution in [0.4, 0.5) is 0 Å². The number of carboxylic acid groups (broad SMARTS) is 1. The fraction of sp³-hybridized carbons (Fsp3) is 0.385. The zero-order valence-electron chi connectivity index (χ0n) is 10.8. The first-order chi connectivity index (χ1) is 9.88. The van der Waals surface area contributed by atoms with E-state index in [1.165, 1.54) is 0 Å². The Hall–Kier alpha value is -1.31. The third-order valence-electron chi connectivity index (χ3n) is 3.13. The molecule has 0 spiro atoms. The van der Waals surface area contributed by atoms with E-state index in [1.807, 2.05) is 0 Å². The van der Waals surface area contributed by atoms with Crippen molar-refractivity contribution in [3.63, 3.8) is 0 Å². The lowest BCUT2D eigenvalue weighted by Gasteiger charge is -2.21. The number of β-amino-alcohol motifs (C(OH)–C–C–N with tert-alkyl or cyclic N) is 1. The molecule has 1 amide bonds. The summed E-state index contributed by atoms with van der Waals surface area (Å²) in [6.45, 7) is -0.342. The van der Waals surface area contributed by atoms with Crippen molar-refractivity contribution < 1.29 is 24.5 Å². The molecule has 2 atom stereocenters. The Labute approximate surface area is 134 Å².